The molecule has 0 aliphatic heterocycles. The van der Waals surface area contributed by atoms with Crippen molar-refractivity contribution in [2.45, 2.75) is 53.5 Å². The summed E-state index contributed by atoms with van der Waals surface area (Å²) in [4.78, 5) is 25.0. The maximum absolute atomic E-state index is 12.0. The molecule has 0 fully saturated rings. The Morgan fingerprint density at radius 2 is 1.68 bits per heavy atom. The smallest absolute Gasteiger partial charge is 0.317 e. The van der Waals surface area contributed by atoms with Crippen molar-refractivity contribution in [2.75, 3.05) is 13.6 Å². The predicted octanol–water partition coefficient (Wildman–Crippen LogP) is 2.56. The van der Waals surface area contributed by atoms with Gasteiger partial charge in [0.05, 0.1) is 5.41 Å². The van der Waals surface area contributed by atoms with Gasteiger partial charge in [-0.25, -0.2) is 4.79 Å². The first kappa shape index (κ1) is 17.7. The lowest BCUT2D eigenvalue weighted by atomic mass is 9.82. The van der Waals surface area contributed by atoms with E-state index in [1.54, 1.807) is 11.9 Å². The van der Waals surface area contributed by atoms with Crippen molar-refractivity contribution < 1.29 is 14.7 Å². The molecule has 0 aliphatic carbocycles. The molecule has 0 aliphatic rings. The van der Waals surface area contributed by atoms with Crippen molar-refractivity contribution in [1.82, 2.24) is 10.2 Å². The number of hydrogen-bond acceptors (Lipinski definition) is 2. The van der Waals surface area contributed by atoms with Gasteiger partial charge >= 0.3 is 12.0 Å². The van der Waals surface area contributed by atoms with Gasteiger partial charge in [-0.15, -0.1) is 0 Å². The van der Waals surface area contributed by atoms with Crippen LogP contribution in [0.25, 0.3) is 0 Å². The monoisotopic (exact) mass is 272 g/mol. The van der Waals surface area contributed by atoms with E-state index in [2.05, 4.69) is 5.32 Å². The van der Waals surface area contributed by atoms with Crippen LogP contribution in [0.5, 0.6) is 0 Å². The average molecular weight is 272 g/mol. The summed E-state index contributed by atoms with van der Waals surface area (Å²) in [6.45, 7) is 9.92. The Kier molecular flexibility index (Phi) is 6.87. The molecule has 0 spiro atoms. The molecule has 2 amide bonds. The highest BCUT2D eigenvalue weighted by Gasteiger charge is 2.35. The summed E-state index contributed by atoms with van der Waals surface area (Å²) in [5.41, 5.74) is -0.864. The molecule has 0 aromatic heterocycles. The van der Waals surface area contributed by atoms with Gasteiger partial charge < -0.3 is 15.3 Å². The number of carbonyl (C=O) groups is 2. The molecular weight excluding hydrogens is 244 g/mol. The normalized spacial score (nSPS) is 13.2. The summed E-state index contributed by atoms with van der Waals surface area (Å²) in [5.74, 6) is -0.491. The zero-order valence-electron chi connectivity index (χ0n) is 13.0. The molecule has 112 valence electrons. The van der Waals surface area contributed by atoms with Crippen molar-refractivity contribution in [3.63, 3.8) is 0 Å². The molecule has 0 saturated heterocycles. The van der Waals surface area contributed by atoms with Crippen LogP contribution in [-0.2, 0) is 4.79 Å². The number of hydrogen-bond donors (Lipinski definition) is 2. The summed E-state index contributed by atoms with van der Waals surface area (Å²) in [5, 5.41) is 12.1. The van der Waals surface area contributed by atoms with Gasteiger partial charge in [-0.1, -0.05) is 27.7 Å². The second-order valence-corrected chi connectivity index (χ2v) is 5.55. The maximum Gasteiger partial charge on any atom is 0.317 e. The third-order valence-electron chi connectivity index (χ3n) is 4.28. The zero-order valence-corrected chi connectivity index (χ0v) is 13.0. The molecule has 0 rings (SSSR count). The molecule has 1 atom stereocenters. The molecule has 1 unspecified atom stereocenters. The van der Waals surface area contributed by atoms with Crippen LogP contribution in [0, 0.1) is 11.3 Å². The molecule has 19 heavy (non-hydrogen) atoms. The van der Waals surface area contributed by atoms with Crippen molar-refractivity contribution in [3.05, 3.63) is 0 Å². The standard InChI is InChI=1S/C14H28N2O3/c1-7-14(8-2,12(17)18)9-15-13(19)16(6)11(5)10(3)4/h10-11H,7-9H2,1-6H3,(H,15,19)(H,17,18). The van der Waals surface area contributed by atoms with Crippen LogP contribution in [-0.4, -0.2) is 41.6 Å². The minimum Gasteiger partial charge on any atom is -0.481 e. The fourth-order valence-corrected chi connectivity index (χ4v) is 1.88. The summed E-state index contributed by atoms with van der Waals surface area (Å²) in [6.07, 6.45) is 1.01. The molecule has 0 aromatic carbocycles. The number of urea groups is 1. The number of nitrogens with zero attached hydrogens (tertiary/aromatic N) is 1. The highest BCUT2D eigenvalue weighted by Crippen LogP contribution is 2.25. The zero-order chi connectivity index (χ0) is 15.2. The lowest BCUT2D eigenvalue weighted by molar-refractivity contribution is -0.149. The molecule has 0 aromatic rings. The molecule has 5 heteroatoms. The molecule has 5 nitrogen and oxygen atoms in total. The first-order valence-corrected chi connectivity index (χ1v) is 6.95. The van der Waals surface area contributed by atoms with Crippen molar-refractivity contribution in [2.24, 2.45) is 11.3 Å². The van der Waals surface area contributed by atoms with Crippen LogP contribution >= 0.6 is 0 Å². The minimum atomic E-state index is -0.864. The number of carboxylic acid groups (broad SMARTS) is 1. The third-order valence-corrected chi connectivity index (χ3v) is 4.28. The summed E-state index contributed by atoms with van der Waals surface area (Å²) in [7, 11) is 1.74. The van der Waals surface area contributed by atoms with E-state index < -0.39 is 11.4 Å². The van der Waals surface area contributed by atoms with Gasteiger partial charge in [0.2, 0.25) is 0 Å². The SMILES string of the molecule is CCC(CC)(CNC(=O)N(C)C(C)C(C)C)C(=O)O. The highest BCUT2D eigenvalue weighted by molar-refractivity contribution is 5.78. The maximum atomic E-state index is 12.0. The Balaban J connectivity index is 4.62. The number of carbonyl (C=O) groups excluding carboxylic acids is 1. The van der Waals surface area contributed by atoms with Gasteiger partial charge in [0.15, 0.2) is 0 Å². The predicted molar refractivity (Wildman–Crippen MR) is 76.1 cm³/mol. The molecule has 0 heterocycles. The van der Waals surface area contributed by atoms with Crippen molar-refractivity contribution in [1.29, 1.82) is 0 Å². The van der Waals surface area contributed by atoms with Crippen LogP contribution in [0.1, 0.15) is 47.5 Å². The van der Waals surface area contributed by atoms with Crippen LogP contribution < -0.4 is 5.32 Å². The Bertz CT molecular complexity index is 312. The van der Waals surface area contributed by atoms with Gasteiger partial charge in [0.25, 0.3) is 0 Å². The fourth-order valence-electron chi connectivity index (χ4n) is 1.88. The van der Waals surface area contributed by atoms with Crippen LogP contribution in [0.3, 0.4) is 0 Å². The fraction of sp³-hybridized carbons (Fsp3) is 0.857. The average Bonchev–Trinajstić information content (AvgIpc) is 2.37. The molecule has 0 bridgehead atoms. The van der Waals surface area contributed by atoms with Gasteiger partial charge in [-0.05, 0) is 25.7 Å². The van der Waals surface area contributed by atoms with E-state index >= 15 is 0 Å². The highest BCUT2D eigenvalue weighted by atomic mass is 16.4. The van der Waals surface area contributed by atoms with E-state index in [4.69, 9.17) is 0 Å². The number of rotatable bonds is 7. The van der Waals surface area contributed by atoms with Crippen molar-refractivity contribution in [3.8, 4) is 0 Å². The van der Waals surface area contributed by atoms with E-state index in [1.165, 1.54) is 0 Å². The van der Waals surface area contributed by atoms with E-state index in [0.717, 1.165) is 0 Å². The summed E-state index contributed by atoms with van der Waals surface area (Å²) >= 11 is 0. The topological polar surface area (TPSA) is 69.6 Å². The number of aliphatic carboxylic acids is 1. The Labute approximate surface area is 116 Å². The first-order chi connectivity index (χ1) is 8.71. The Morgan fingerprint density at radius 3 is 2.00 bits per heavy atom. The van der Waals surface area contributed by atoms with E-state index in [1.807, 2.05) is 34.6 Å². The third kappa shape index (κ3) is 4.40. The first-order valence-electron chi connectivity index (χ1n) is 6.95. The van der Waals surface area contributed by atoms with Gasteiger partial charge in [-0.3, -0.25) is 4.79 Å². The van der Waals surface area contributed by atoms with Gasteiger partial charge in [0, 0.05) is 19.6 Å². The largest absolute Gasteiger partial charge is 0.481 e. The van der Waals surface area contributed by atoms with Gasteiger partial charge in [0.1, 0.15) is 0 Å². The van der Waals surface area contributed by atoms with Crippen LogP contribution in [0.15, 0.2) is 0 Å². The lowest BCUT2D eigenvalue weighted by Crippen LogP contribution is -2.49. The van der Waals surface area contributed by atoms with E-state index in [0.29, 0.717) is 18.8 Å². The molecule has 0 radical (unpaired) electrons. The molecule has 2 N–H and O–H groups in total. The Morgan fingerprint density at radius 1 is 1.21 bits per heavy atom. The molecular formula is C14H28N2O3. The number of nitrogens with one attached hydrogen (secondary N) is 1. The quantitative estimate of drug-likeness (QED) is 0.748. The lowest BCUT2D eigenvalue weighted by Gasteiger charge is -2.31. The van der Waals surface area contributed by atoms with Crippen LogP contribution in [0.2, 0.25) is 0 Å². The second-order valence-electron chi connectivity index (χ2n) is 5.55. The van der Waals surface area contributed by atoms with E-state index in [9.17, 15) is 14.7 Å². The molecule has 0 saturated carbocycles. The summed E-state index contributed by atoms with van der Waals surface area (Å²) in [6, 6.07) is -0.101. The van der Waals surface area contributed by atoms with Crippen molar-refractivity contribution >= 4 is 12.0 Å². The number of amides is 2. The van der Waals surface area contributed by atoms with Gasteiger partial charge in [-0.2, -0.15) is 0 Å². The second kappa shape index (κ2) is 7.36. The van der Waals surface area contributed by atoms with Crippen LogP contribution in [0.4, 0.5) is 4.79 Å². The summed E-state index contributed by atoms with van der Waals surface area (Å²) < 4.78 is 0. The Hall–Kier alpha value is -1.26. The van der Waals surface area contributed by atoms with E-state index in [-0.39, 0.29) is 18.6 Å². The number of carboxylic acids is 1. The minimum absolute atomic E-state index is 0.113.